The van der Waals surface area contributed by atoms with Gasteiger partial charge in [0.1, 0.15) is 12.4 Å². The van der Waals surface area contributed by atoms with Crippen LogP contribution in [-0.4, -0.2) is 38.9 Å². The Hall–Kier alpha value is -3.18. The van der Waals surface area contributed by atoms with E-state index in [1.165, 1.54) is 0 Å². The molecule has 1 aromatic heterocycles. The lowest BCUT2D eigenvalue weighted by Crippen LogP contribution is -2.28. The molecule has 3 aromatic rings. The van der Waals surface area contributed by atoms with Crippen molar-refractivity contribution < 1.29 is 31.1 Å². The lowest BCUT2D eigenvalue weighted by atomic mass is 10.1. The Morgan fingerprint density at radius 3 is 2.35 bits per heavy atom. The van der Waals surface area contributed by atoms with Gasteiger partial charge in [-0.25, -0.2) is 13.1 Å². The number of methoxy groups -OCH3 is 1. The van der Waals surface area contributed by atoms with Crippen molar-refractivity contribution in [3.63, 3.8) is 0 Å². The molecule has 0 amide bonds. The number of rotatable bonds is 8. The van der Waals surface area contributed by atoms with Crippen molar-refractivity contribution in [3.8, 4) is 22.9 Å². The van der Waals surface area contributed by atoms with E-state index in [2.05, 4.69) is 14.9 Å². The number of hydrogen-bond acceptors (Lipinski definition) is 6. The summed E-state index contributed by atoms with van der Waals surface area (Å²) in [5.74, 6) is 0.889. The molecule has 1 heterocycles. The standard InChI is InChI=1S/C20H18F3N3O4S/c1-29-16-7-5-14(6-8-16)18-9-10-19(26-25-18)30-12-11-24-31(27,28)17-4-2-3-15(13-17)20(21,22)23/h2-10,13,24H,11-12H2,1H3. The Morgan fingerprint density at radius 1 is 1.00 bits per heavy atom. The van der Waals surface area contributed by atoms with Crippen LogP contribution in [0, 0.1) is 0 Å². The highest BCUT2D eigenvalue weighted by Gasteiger charge is 2.31. The summed E-state index contributed by atoms with van der Waals surface area (Å²) in [6.07, 6.45) is -4.63. The normalized spacial score (nSPS) is 11.9. The summed E-state index contributed by atoms with van der Waals surface area (Å²) in [6, 6.07) is 14.0. The second-order valence-corrected chi connectivity index (χ2v) is 8.02. The molecule has 0 aliphatic heterocycles. The molecule has 0 unspecified atom stereocenters. The minimum Gasteiger partial charge on any atom is -0.497 e. The third kappa shape index (κ3) is 5.92. The van der Waals surface area contributed by atoms with E-state index in [4.69, 9.17) is 9.47 Å². The molecule has 0 radical (unpaired) electrons. The van der Waals surface area contributed by atoms with Crippen molar-refractivity contribution in [2.45, 2.75) is 11.1 Å². The molecule has 0 atom stereocenters. The van der Waals surface area contributed by atoms with E-state index in [9.17, 15) is 21.6 Å². The molecule has 0 spiro atoms. The summed E-state index contributed by atoms with van der Waals surface area (Å²) >= 11 is 0. The van der Waals surface area contributed by atoms with Gasteiger partial charge in [-0.1, -0.05) is 6.07 Å². The maximum Gasteiger partial charge on any atom is 0.416 e. The largest absolute Gasteiger partial charge is 0.497 e. The van der Waals surface area contributed by atoms with Gasteiger partial charge in [0.2, 0.25) is 15.9 Å². The van der Waals surface area contributed by atoms with Crippen LogP contribution in [0.5, 0.6) is 11.6 Å². The predicted octanol–water partition coefficient (Wildman–Crippen LogP) is 3.53. The van der Waals surface area contributed by atoms with E-state index in [0.717, 1.165) is 23.8 Å². The monoisotopic (exact) mass is 453 g/mol. The Labute approximate surface area is 176 Å². The highest BCUT2D eigenvalue weighted by atomic mass is 32.2. The van der Waals surface area contributed by atoms with Gasteiger partial charge in [0.05, 0.1) is 23.3 Å². The molecular formula is C20H18F3N3O4S. The molecule has 3 rings (SSSR count). The van der Waals surface area contributed by atoms with Crippen LogP contribution in [0.1, 0.15) is 5.56 Å². The first kappa shape index (κ1) is 22.5. The molecule has 0 bridgehead atoms. The summed E-state index contributed by atoms with van der Waals surface area (Å²) in [6.45, 7) is -0.255. The van der Waals surface area contributed by atoms with Gasteiger partial charge >= 0.3 is 6.18 Å². The van der Waals surface area contributed by atoms with E-state index >= 15 is 0 Å². The molecule has 0 aliphatic carbocycles. The Morgan fingerprint density at radius 2 is 1.74 bits per heavy atom. The fourth-order valence-electron chi connectivity index (χ4n) is 2.57. The predicted molar refractivity (Wildman–Crippen MR) is 106 cm³/mol. The first-order valence-electron chi connectivity index (χ1n) is 8.97. The van der Waals surface area contributed by atoms with E-state index in [1.807, 2.05) is 12.1 Å². The third-order valence-electron chi connectivity index (χ3n) is 4.14. The molecule has 164 valence electrons. The molecule has 0 fully saturated rings. The van der Waals surface area contributed by atoms with Crippen LogP contribution in [-0.2, 0) is 16.2 Å². The van der Waals surface area contributed by atoms with Crippen molar-refractivity contribution in [1.82, 2.24) is 14.9 Å². The van der Waals surface area contributed by atoms with Gasteiger partial charge in [0.15, 0.2) is 0 Å². The Kier molecular flexibility index (Phi) is 6.76. The van der Waals surface area contributed by atoms with Gasteiger partial charge in [0.25, 0.3) is 0 Å². The summed E-state index contributed by atoms with van der Waals surface area (Å²) in [5, 5.41) is 7.97. The number of nitrogens with one attached hydrogen (secondary N) is 1. The molecular weight excluding hydrogens is 435 g/mol. The minimum atomic E-state index is -4.63. The Bertz CT molecular complexity index is 1120. The number of halogens is 3. The summed E-state index contributed by atoms with van der Waals surface area (Å²) in [5.41, 5.74) is 0.396. The van der Waals surface area contributed by atoms with Gasteiger partial charge in [-0.15, -0.1) is 10.2 Å². The van der Waals surface area contributed by atoms with Crippen LogP contribution < -0.4 is 14.2 Å². The highest BCUT2D eigenvalue weighted by Crippen LogP contribution is 2.30. The molecule has 0 aliphatic rings. The molecule has 11 heteroatoms. The van der Waals surface area contributed by atoms with Crippen molar-refractivity contribution >= 4 is 10.0 Å². The van der Waals surface area contributed by atoms with Crippen LogP contribution in [0.3, 0.4) is 0 Å². The molecule has 2 aromatic carbocycles. The first-order chi connectivity index (χ1) is 14.7. The van der Waals surface area contributed by atoms with Crippen LogP contribution >= 0.6 is 0 Å². The summed E-state index contributed by atoms with van der Waals surface area (Å²) in [7, 11) is -2.55. The number of aromatic nitrogens is 2. The zero-order valence-corrected chi connectivity index (χ0v) is 17.1. The van der Waals surface area contributed by atoms with Gasteiger partial charge in [-0.3, -0.25) is 0 Å². The fraction of sp³-hybridized carbons (Fsp3) is 0.200. The molecule has 1 N–H and O–H groups in total. The van der Waals surface area contributed by atoms with Crippen LogP contribution in [0.25, 0.3) is 11.3 Å². The number of benzene rings is 2. The zero-order valence-electron chi connectivity index (χ0n) is 16.3. The summed E-state index contributed by atoms with van der Waals surface area (Å²) in [4.78, 5) is -0.481. The lowest BCUT2D eigenvalue weighted by molar-refractivity contribution is -0.137. The minimum absolute atomic E-state index is 0.0885. The van der Waals surface area contributed by atoms with E-state index in [1.54, 1.807) is 31.4 Å². The van der Waals surface area contributed by atoms with Crippen molar-refractivity contribution in [2.24, 2.45) is 0 Å². The maximum atomic E-state index is 12.8. The van der Waals surface area contributed by atoms with E-state index in [0.29, 0.717) is 17.5 Å². The Balaban J connectivity index is 1.54. The lowest BCUT2D eigenvalue weighted by Gasteiger charge is -2.11. The SMILES string of the molecule is COc1ccc(-c2ccc(OCCNS(=O)(=O)c3cccc(C(F)(F)F)c3)nn2)cc1. The smallest absolute Gasteiger partial charge is 0.416 e. The van der Waals surface area contributed by atoms with E-state index < -0.39 is 26.7 Å². The van der Waals surface area contributed by atoms with Crippen LogP contribution in [0.4, 0.5) is 13.2 Å². The van der Waals surface area contributed by atoms with Crippen molar-refractivity contribution in [3.05, 3.63) is 66.2 Å². The number of alkyl halides is 3. The van der Waals surface area contributed by atoms with Crippen molar-refractivity contribution in [1.29, 1.82) is 0 Å². The molecule has 31 heavy (non-hydrogen) atoms. The van der Waals surface area contributed by atoms with Crippen LogP contribution in [0.2, 0.25) is 0 Å². The average molecular weight is 453 g/mol. The van der Waals surface area contributed by atoms with Gasteiger partial charge in [0, 0.05) is 18.2 Å². The maximum absolute atomic E-state index is 12.8. The van der Waals surface area contributed by atoms with Gasteiger partial charge in [-0.05, 0) is 48.5 Å². The number of hydrogen-bond donors (Lipinski definition) is 1. The second kappa shape index (κ2) is 9.31. The highest BCUT2D eigenvalue weighted by molar-refractivity contribution is 7.89. The second-order valence-electron chi connectivity index (χ2n) is 6.26. The molecule has 0 saturated heterocycles. The number of nitrogens with zero attached hydrogens (tertiary/aromatic N) is 2. The topological polar surface area (TPSA) is 90.4 Å². The van der Waals surface area contributed by atoms with Gasteiger partial charge in [-0.2, -0.15) is 13.2 Å². The number of sulfonamides is 1. The molecule has 7 nitrogen and oxygen atoms in total. The fourth-order valence-corrected chi connectivity index (χ4v) is 3.63. The van der Waals surface area contributed by atoms with E-state index in [-0.39, 0.29) is 19.0 Å². The number of ether oxygens (including phenoxy) is 2. The quantitative estimate of drug-likeness (QED) is 0.525. The first-order valence-corrected chi connectivity index (χ1v) is 10.5. The molecule has 0 saturated carbocycles. The summed E-state index contributed by atoms with van der Waals surface area (Å²) < 4.78 is 75.3. The zero-order chi connectivity index (χ0) is 22.5. The van der Waals surface area contributed by atoms with Crippen molar-refractivity contribution in [2.75, 3.05) is 20.3 Å². The van der Waals surface area contributed by atoms with Gasteiger partial charge < -0.3 is 9.47 Å². The average Bonchev–Trinajstić information content (AvgIpc) is 2.77. The third-order valence-corrected chi connectivity index (χ3v) is 5.60. The van der Waals surface area contributed by atoms with Crippen LogP contribution in [0.15, 0.2) is 65.6 Å².